The van der Waals surface area contributed by atoms with Crippen molar-refractivity contribution in [2.45, 2.75) is 25.3 Å². The standard InChI is InChI=1S/C13H18N2O3/c14-12-3-1-2-8(12)7-15-13(18)9-4-10(16)6-11(17)5-9/h4-6,8,12,16-17H,1-3,7,14H2,(H,15,18). The van der Waals surface area contributed by atoms with E-state index in [4.69, 9.17) is 5.73 Å². The smallest absolute Gasteiger partial charge is 0.251 e. The molecule has 0 radical (unpaired) electrons. The Bertz CT molecular complexity index is 428. The highest BCUT2D eigenvalue weighted by Crippen LogP contribution is 2.24. The van der Waals surface area contributed by atoms with E-state index in [2.05, 4.69) is 5.32 Å². The predicted octanol–water partition coefficient (Wildman–Crippen LogP) is 0.955. The number of carbonyl (C=O) groups excluding carboxylic acids is 1. The van der Waals surface area contributed by atoms with Crippen molar-refractivity contribution in [1.29, 1.82) is 0 Å². The minimum atomic E-state index is -0.305. The van der Waals surface area contributed by atoms with E-state index in [-0.39, 0.29) is 29.0 Å². The molecule has 0 spiro atoms. The molecule has 0 aliphatic heterocycles. The monoisotopic (exact) mass is 250 g/mol. The number of carbonyl (C=O) groups is 1. The summed E-state index contributed by atoms with van der Waals surface area (Å²) in [5, 5.41) is 21.4. The summed E-state index contributed by atoms with van der Waals surface area (Å²) in [4.78, 5) is 11.8. The Balaban J connectivity index is 1.95. The number of amides is 1. The molecule has 2 rings (SSSR count). The average molecular weight is 250 g/mol. The second kappa shape index (κ2) is 5.27. The van der Waals surface area contributed by atoms with Crippen LogP contribution in [0.3, 0.4) is 0 Å². The molecular formula is C13H18N2O3. The lowest BCUT2D eigenvalue weighted by Gasteiger charge is -2.16. The number of nitrogens with two attached hydrogens (primary N) is 1. The van der Waals surface area contributed by atoms with E-state index in [0.29, 0.717) is 12.5 Å². The molecule has 5 heteroatoms. The minimum absolute atomic E-state index is 0.127. The number of hydrogen-bond donors (Lipinski definition) is 4. The van der Waals surface area contributed by atoms with Crippen LogP contribution in [-0.2, 0) is 0 Å². The summed E-state index contributed by atoms with van der Waals surface area (Å²) in [7, 11) is 0. The number of benzene rings is 1. The lowest BCUT2D eigenvalue weighted by Crippen LogP contribution is -2.35. The fourth-order valence-electron chi connectivity index (χ4n) is 2.37. The van der Waals surface area contributed by atoms with Gasteiger partial charge in [0, 0.05) is 24.2 Å². The van der Waals surface area contributed by atoms with Gasteiger partial charge in [-0.05, 0) is 30.9 Å². The fourth-order valence-corrected chi connectivity index (χ4v) is 2.37. The van der Waals surface area contributed by atoms with E-state index in [9.17, 15) is 15.0 Å². The first kappa shape index (κ1) is 12.7. The number of nitrogens with one attached hydrogen (secondary N) is 1. The van der Waals surface area contributed by atoms with E-state index >= 15 is 0 Å². The van der Waals surface area contributed by atoms with Gasteiger partial charge in [-0.15, -0.1) is 0 Å². The first-order chi connectivity index (χ1) is 8.56. The van der Waals surface area contributed by atoms with Gasteiger partial charge in [0.05, 0.1) is 0 Å². The SMILES string of the molecule is NC1CCCC1CNC(=O)c1cc(O)cc(O)c1. The molecule has 5 nitrogen and oxygen atoms in total. The van der Waals surface area contributed by atoms with Crippen LogP contribution in [0.15, 0.2) is 18.2 Å². The molecule has 2 atom stereocenters. The van der Waals surface area contributed by atoms with Crippen LogP contribution < -0.4 is 11.1 Å². The van der Waals surface area contributed by atoms with Gasteiger partial charge in [0.2, 0.25) is 0 Å². The third kappa shape index (κ3) is 2.92. The van der Waals surface area contributed by atoms with Crippen LogP contribution in [0.1, 0.15) is 29.6 Å². The van der Waals surface area contributed by atoms with E-state index < -0.39 is 0 Å². The van der Waals surface area contributed by atoms with Gasteiger partial charge in [-0.25, -0.2) is 0 Å². The first-order valence-electron chi connectivity index (χ1n) is 6.13. The zero-order chi connectivity index (χ0) is 13.1. The van der Waals surface area contributed by atoms with Gasteiger partial charge in [0.1, 0.15) is 11.5 Å². The van der Waals surface area contributed by atoms with E-state index in [1.165, 1.54) is 18.2 Å². The van der Waals surface area contributed by atoms with Gasteiger partial charge in [-0.1, -0.05) is 6.42 Å². The zero-order valence-corrected chi connectivity index (χ0v) is 10.1. The average Bonchev–Trinajstić information content (AvgIpc) is 2.70. The molecule has 2 unspecified atom stereocenters. The fraction of sp³-hybridized carbons (Fsp3) is 0.462. The molecule has 0 bridgehead atoms. The van der Waals surface area contributed by atoms with Gasteiger partial charge in [-0.2, -0.15) is 0 Å². The van der Waals surface area contributed by atoms with Gasteiger partial charge in [0.15, 0.2) is 0 Å². The van der Waals surface area contributed by atoms with Crippen LogP contribution >= 0.6 is 0 Å². The van der Waals surface area contributed by atoms with Crippen molar-refractivity contribution in [3.8, 4) is 11.5 Å². The van der Waals surface area contributed by atoms with Crippen LogP contribution in [0.5, 0.6) is 11.5 Å². The molecule has 1 aromatic rings. The molecule has 1 aliphatic rings. The van der Waals surface area contributed by atoms with E-state index in [0.717, 1.165) is 19.3 Å². The van der Waals surface area contributed by atoms with Crippen molar-refractivity contribution in [1.82, 2.24) is 5.32 Å². The molecular weight excluding hydrogens is 232 g/mol. The second-order valence-electron chi connectivity index (χ2n) is 4.80. The summed E-state index contributed by atoms with van der Waals surface area (Å²) in [6.45, 7) is 0.538. The van der Waals surface area contributed by atoms with Crippen LogP contribution in [0, 0.1) is 5.92 Å². The molecule has 1 saturated carbocycles. The van der Waals surface area contributed by atoms with Crippen molar-refractivity contribution < 1.29 is 15.0 Å². The molecule has 0 saturated heterocycles. The maximum atomic E-state index is 11.8. The third-order valence-corrected chi connectivity index (χ3v) is 3.41. The van der Waals surface area contributed by atoms with Crippen molar-refractivity contribution in [3.05, 3.63) is 23.8 Å². The summed E-state index contributed by atoms with van der Waals surface area (Å²) >= 11 is 0. The molecule has 0 heterocycles. The van der Waals surface area contributed by atoms with Gasteiger partial charge < -0.3 is 21.3 Å². The molecule has 5 N–H and O–H groups in total. The van der Waals surface area contributed by atoms with Crippen molar-refractivity contribution in [2.75, 3.05) is 6.54 Å². The Hall–Kier alpha value is -1.75. The van der Waals surface area contributed by atoms with Crippen LogP contribution in [0.25, 0.3) is 0 Å². The Morgan fingerprint density at radius 2 is 1.94 bits per heavy atom. The number of phenols is 2. The highest BCUT2D eigenvalue weighted by atomic mass is 16.3. The van der Waals surface area contributed by atoms with Crippen molar-refractivity contribution >= 4 is 5.91 Å². The lowest BCUT2D eigenvalue weighted by molar-refractivity contribution is 0.0945. The Morgan fingerprint density at radius 3 is 2.50 bits per heavy atom. The number of aromatic hydroxyl groups is 2. The summed E-state index contributed by atoms with van der Waals surface area (Å²) in [5.41, 5.74) is 6.17. The normalized spacial score (nSPS) is 22.9. The maximum absolute atomic E-state index is 11.8. The van der Waals surface area contributed by atoms with Gasteiger partial charge in [0.25, 0.3) is 5.91 Å². The Kier molecular flexibility index (Phi) is 3.72. The Morgan fingerprint density at radius 1 is 1.28 bits per heavy atom. The summed E-state index contributed by atoms with van der Waals surface area (Å²) in [6, 6.07) is 3.99. The van der Waals surface area contributed by atoms with Crippen LogP contribution in [0.2, 0.25) is 0 Å². The maximum Gasteiger partial charge on any atom is 0.251 e. The lowest BCUT2D eigenvalue weighted by atomic mass is 10.0. The topological polar surface area (TPSA) is 95.6 Å². The van der Waals surface area contributed by atoms with E-state index in [1.54, 1.807) is 0 Å². The number of phenolic OH excluding ortho intramolecular Hbond substituents is 2. The molecule has 1 amide bonds. The first-order valence-corrected chi connectivity index (χ1v) is 6.13. The number of hydrogen-bond acceptors (Lipinski definition) is 4. The molecule has 18 heavy (non-hydrogen) atoms. The summed E-state index contributed by atoms with van der Waals surface area (Å²) < 4.78 is 0. The summed E-state index contributed by atoms with van der Waals surface area (Å²) in [5.74, 6) is -0.240. The van der Waals surface area contributed by atoms with Crippen molar-refractivity contribution in [2.24, 2.45) is 11.7 Å². The second-order valence-corrected chi connectivity index (χ2v) is 4.80. The predicted molar refractivity (Wildman–Crippen MR) is 67.4 cm³/mol. The number of rotatable bonds is 3. The largest absolute Gasteiger partial charge is 0.508 e. The quantitative estimate of drug-likeness (QED) is 0.642. The molecule has 1 aliphatic carbocycles. The molecule has 0 aromatic heterocycles. The highest BCUT2D eigenvalue weighted by molar-refractivity contribution is 5.95. The third-order valence-electron chi connectivity index (χ3n) is 3.41. The zero-order valence-electron chi connectivity index (χ0n) is 10.1. The minimum Gasteiger partial charge on any atom is -0.508 e. The molecule has 1 fully saturated rings. The van der Waals surface area contributed by atoms with Crippen LogP contribution in [-0.4, -0.2) is 28.7 Å². The van der Waals surface area contributed by atoms with Crippen LogP contribution in [0.4, 0.5) is 0 Å². The van der Waals surface area contributed by atoms with Crippen molar-refractivity contribution in [3.63, 3.8) is 0 Å². The molecule has 1 aromatic carbocycles. The Labute approximate surface area is 106 Å². The van der Waals surface area contributed by atoms with Gasteiger partial charge in [-0.3, -0.25) is 4.79 Å². The molecule has 98 valence electrons. The summed E-state index contributed by atoms with van der Waals surface area (Å²) in [6.07, 6.45) is 3.15. The van der Waals surface area contributed by atoms with Gasteiger partial charge >= 0.3 is 0 Å². The highest BCUT2D eigenvalue weighted by Gasteiger charge is 2.24. The van der Waals surface area contributed by atoms with E-state index in [1.807, 2.05) is 0 Å².